The maximum absolute atomic E-state index is 9.13. The Morgan fingerprint density at radius 2 is 1.86 bits per heavy atom. The molecule has 0 aliphatic rings. The maximum Gasteiger partial charge on any atom is 0.159 e. The van der Waals surface area contributed by atoms with Crippen molar-refractivity contribution in [3.05, 3.63) is 12.2 Å². The average Bonchev–Trinajstić information content (AvgIpc) is 2.70. The van der Waals surface area contributed by atoms with Crippen molar-refractivity contribution < 1.29 is 5.11 Å². The van der Waals surface area contributed by atoms with Crippen LogP contribution in [0.1, 0.15) is 45.9 Å². The van der Waals surface area contributed by atoms with Gasteiger partial charge in [0.15, 0.2) is 5.82 Å². The van der Waals surface area contributed by atoms with E-state index in [1.165, 1.54) is 0 Å². The second-order valence-electron chi connectivity index (χ2n) is 3.56. The van der Waals surface area contributed by atoms with E-state index in [2.05, 4.69) is 31.0 Å². The molecule has 4 heteroatoms. The van der Waals surface area contributed by atoms with Crippen LogP contribution in [0.5, 0.6) is 0 Å². The molecule has 0 aliphatic heterocycles. The second kappa shape index (κ2) is 4.55. The Morgan fingerprint density at radius 3 is 2.29 bits per heavy atom. The zero-order valence-corrected chi connectivity index (χ0v) is 9.19. The molecule has 0 spiro atoms. The highest BCUT2D eigenvalue weighted by atomic mass is 16.3. The Morgan fingerprint density at radius 1 is 1.29 bits per heavy atom. The predicted octanol–water partition coefficient (Wildman–Crippen LogP) is 1.70. The highest BCUT2D eigenvalue weighted by Gasteiger charge is 2.28. The highest BCUT2D eigenvalue weighted by molar-refractivity contribution is 4.94. The topological polar surface area (TPSA) is 50.9 Å². The first-order valence-corrected chi connectivity index (χ1v) is 5.24. The van der Waals surface area contributed by atoms with Crippen LogP contribution >= 0.6 is 0 Å². The number of aromatic nitrogens is 3. The second-order valence-corrected chi connectivity index (χ2v) is 3.56. The molecule has 1 N–H and O–H groups in total. The van der Waals surface area contributed by atoms with Crippen LogP contribution in [0.25, 0.3) is 0 Å². The van der Waals surface area contributed by atoms with Crippen molar-refractivity contribution in [2.24, 2.45) is 0 Å². The molecule has 1 heterocycles. The molecule has 0 saturated heterocycles. The molecule has 1 rings (SSSR count). The van der Waals surface area contributed by atoms with E-state index in [0.717, 1.165) is 19.3 Å². The molecule has 0 bridgehead atoms. The van der Waals surface area contributed by atoms with E-state index >= 15 is 0 Å². The molecular formula is C10H19N3O. The molecule has 1 aromatic rings. The quantitative estimate of drug-likeness (QED) is 0.781. The van der Waals surface area contributed by atoms with E-state index < -0.39 is 0 Å². The zero-order valence-electron chi connectivity index (χ0n) is 9.19. The summed E-state index contributed by atoms with van der Waals surface area (Å²) >= 11 is 0. The molecule has 0 saturated carbocycles. The van der Waals surface area contributed by atoms with Gasteiger partial charge in [-0.3, -0.25) is 0 Å². The highest BCUT2D eigenvalue weighted by Crippen LogP contribution is 2.29. The maximum atomic E-state index is 9.13. The van der Waals surface area contributed by atoms with Crippen molar-refractivity contribution in [2.45, 2.75) is 52.2 Å². The third-order valence-electron chi connectivity index (χ3n) is 3.25. The summed E-state index contributed by atoms with van der Waals surface area (Å²) < 4.78 is 2.02. The minimum atomic E-state index is -0.0399. The molecule has 80 valence electrons. The Kier molecular flexibility index (Phi) is 3.63. The summed E-state index contributed by atoms with van der Waals surface area (Å²) in [5.74, 6) is 0.663. The lowest BCUT2D eigenvalue weighted by molar-refractivity contribution is 0.208. The Hall–Kier alpha value is -0.900. The molecule has 0 aromatic carbocycles. The van der Waals surface area contributed by atoms with Crippen LogP contribution in [-0.4, -0.2) is 19.9 Å². The summed E-state index contributed by atoms with van der Waals surface area (Å²) in [4.78, 5) is 0. The van der Waals surface area contributed by atoms with E-state index in [1.54, 1.807) is 6.33 Å². The van der Waals surface area contributed by atoms with Crippen molar-refractivity contribution in [3.8, 4) is 0 Å². The van der Waals surface area contributed by atoms with Crippen molar-refractivity contribution >= 4 is 0 Å². The third kappa shape index (κ3) is 1.66. The summed E-state index contributed by atoms with van der Waals surface area (Å²) in [5, 5.41) is 16.9. The van der Waals surface area contributed by atoms with Gasteiger partial charge in [-0.2, -0.15) is 0 Å². The van der Waals surface area contributed by atoms with E-state index in [1.807, 2.05) is 4.57 Å². The fourth-order valence-corrected chi connectivity index (χ4v) is 2.02. The van der Waals surface area contributed by atoms with Gasteiger partial charge in [-0.05, 0) is 19.3 Å². The largest absolute Gasteiger partial charge is 0.388 e. The minimum Gasteiger partial charge on any atom is -0.388 e. The van der Waals surface area contributed by atoms with E-state index in [0.29, 0.717) is 5.82 Å². The van der Waals surface area contributed by atoms with Crippen molar-refractivity contribution in [3.63, 3.8) is 0 Å². The van der Waals surface area contributed by atoms with Crippen molar-refractivity contribution in [1.29, 1.82) is 0 Å². The van der Waals surface area contributed by atoms with Crippen LogP contribution in [-0.2, 0) is 12.1 Å². The molecule has 1 aromatic heterocycles. The Bertz CT molecular complexity index is 270. The Labute approximate surface area is 85.0 Å². The van der Waals surface area contributed by atoms with Gasteiger partial charge in [-0.15, -0.1) is 10.2 Å². The first-order valence-electron chi connectivity index (χ1n) is 5.24. The Balaban J connectivity index is 3.09. The van der Waals surface area contributed by atoms with Gasteiger partial charge >= 0.3 is 0 Å². The van der Waals surface area contributed by atoms with Crippen molar-refractivity contribution in [1.82, 2.24) is 14.8 Å². The summed E-state index contributed by atoms with van der Waals surface area (Å²) in [6.45, 7) is 6.44. The molecule has 4 nitrogen and oxygen atoms in total. The monoisotopic (exact) mass is 197 g/mol. The molecular weight excluding hydrogens is 178 g/mol. The van der Waals surface area contributed by atoms with Crippen LogP contribution in [0.2, 0.25) is 0 Å². The van der Waals surface area contributed by atoms with Crippen molar-refractivity contribution in [2.75, 3.05) is 0 Å². The number of aliphatic hydroxyl groups is 1. The summed E-state index contributed by atoms with van der Waals surface area (Å²) in [6, 6.07) is 0. The van der Waals surface area contributed by atoms with Crippen LogP contribution in [0.4, 0.5) is 0 Å². The molecule has 0 atom stereocenters. The van der Waals surface area contributed by atoms with E-state index in [9.17, 15) is 0 Å². The van der Waals surface area contributed by atoms with Gasteiger partial charge in [0.1, 0.15) is 12.9 Å². The number of rotatable bonds is 5. The van der Waals surface area contributed by atoms with Gasteiger partial charge < -0.3 is 9.67 Å². The average molecular weight is 197 g/mol. The zero-order chi connectivity index (χ0) is 10.6. The molecule has 0 fully saturated rings. The number of nitrogens with zero attached hydrogens (tertiary/aromatic N) is 3. The third-order valence-corrected chi connectivity index (χ3v) is 3.25. The number of hydrogen-bond donors (Lipinski definition) is 1. The van der Waals surface area contributed by atoms with E-state index in [4.69, 9.17) is 5.11 Å². The fraction of sp³-hybridized carbons (Fsp3) is 0.800. The standard InChI is InChI=1S/C10H19N3O/c1-4-10(5-2,6-3)13-8-11-12-9(13)7-14/h8,14H,4-7H2,1-3H3. The smallest absolute Gasteiger partial charge is 0.159 e. The van der Waals surface area contributed by atoms with Gasteiger partial charge in [-0.1, -0.05) is 20.8 Å². The van der Waals surface area contributed by atoms with Crippen LogP contribution < -0.4 is 0 Å². The van der Waals surface area contributed by atoms with E-state index in [-0.39, 0.29) is 12.1 Å². The lowest BCUT2D eigenvalue weighted by Gasteiger charge is -2.32. The first-order chi connectivity index (χ1) is 6.74. The lowest BCUT2D eigenvalue weighted by atomic mass is 9.89. The normalized spacial score (nSPS) is 12.0. The van der Waals surface area contributed by atoms with Gasteiger partial charge in [0.05, 0.1) is 0 Å². The molecule has 0 amide bonds. The molecule has 14 heavy (non-hydrogen) atoms. The molecule has 0 radical (unpaired) electrons. The summed E-state index contributed by atoms with van der Waals surface area (Å²) in [7, 11) is 0. The summed E-state index contributed by atoms with van der Waals surface area (Å²) in [5.41, 5.74) is 0.0710. The molecule has 0 aliphatic carbocycles. The van der Waals surface area contributed by atoms with Gasteiger partial charge in [0.25, 0.3) is 0 Å². The predicted molar refractivity (Wildman–Crippen MR) is 54.8 cm³/mol. The SMILES string of the molecule is CCC(CC)(CC)n1cnnc1CO. The van der Waals surface area contributed by atoms with Gasteiger partial charge in [0, 0.05) is 5.54 Å². The van der Waals surface area contributed by atoms with Gasteiger partial charge in [-0.25, -0.2) is 0 Å². The van der Waals surface area contributed by atoms with Crippen LogP contribution in [0.15, 0.2) is 6.33 Å². The summed E-state index contributed by atoms with van der Waals surface area (Å²) in [6.07, 6.45) is 4.82. The fourth-order valence-electron chi connectivity index (χ4n) is 2.02. The molecule has 0 unspecified atom stereocenters. The number of aliphatic hydroxyl groups excluding tert-OH is 1. The van der Waals surface area contributed by atoms with Crippen LogP contribution in [0, 0.1) is 0 Å². The number of hydrogen-bond acceptors (Lipinski definition) is 3. The van der Waals surface area contributed by atoms with Crippen LogP contribution in [0.3, 0.4) is 0 Å². The van der Waals surface area contributed by atoms with Gasteiger partial charge in [0.2, 0.25) is 0 Å². The lowest BCUT2D eigenvalue weighted by Crippen LogP contribution is -2.32. The first kappa shape index (κ1) is 11.2. The minimum absolute atomic E-state index is 0.0399.